The van der Waals surface area contributed by atoms with Crippen LogP contribution in [0.4, 0.5) is 0 Å². The average molecular weight is 282 g/mol. The highest BCUT2D eigenvalue weighted by Crippen LogP contribution is 2.23. The second-order valence-electron chi connectivity index (χ2n) is 5.35. The van der Waals surface area contributed by atoms with Gasteiger partial charge in [-0.15, -0.1) is 0 Å². The molecule has 0 saturated heterocycles. The fourth-order valence-corrected chi connectivity index (χ4v) is 2.78. The molecular weight excluding hydrogens is 262 g/mol. The average Bonchev–Trinajstić information content (AvgIpc) is 2.36. The molecule has 1 saturated carbocycles. The molecule has 19 heavy (non-hydrogen) atoms. The highest BCUT2D eigenvalue weighted by molar-refractivity contribution is 6.34. The van der Waals surface area contributed by atoms with Gasteiger partial charge in [0.05, 0.1) is 22.7 Å². The van der Waals surface area contributed by atoms with Crippen molar-refractivity contribution in [3.63, 3.8) is 0 Å². The van der Waals surface area contributed by atoms with Gasteiger partial charge >= 0.3 is 0 Å². The summed E-state index contributed by atoms with van der Waals surface area (Å²) in [5.41, 5.74) is 2.60. The number of aliphatic hydroxyl groups excluding tert-OH is 1. The van der Waals surface area contributed by atoms with Crippen molar-refractivity contribution < 1.29 is 9.90 Å². The zero-order valence-corrected chi connectivity index (χ0v) is 12.1. The van der Waals surface area contributed by atoms with E-state index in [0.717, 1.165) is 36.8 Å². The van der Waals surface area contributed by atoms with Crippen molar-refractivity contribution in [2.45, 2.75) is 51.7 Å². The lowest BCUT2D eigenvalue weighted by atomic mass is 9.92. The van der Waals surface area contributed by atoms with E-state index in [9.17, 15) is 9.90 Å². The molecule has 0 heterocycles. The van der Waals surface area contributed by atoms with Gasteiger partial charge in [-0.3, -0.25) is 4.79 Å². The fraction of sp³-hybridized carbons (Fsp3) is 0.533. The van der Waals surface area contributed by atoms with Crippen LogP contribution in [0.25, 0.3) is 0 Å². The third-order valence-electron chi connectivity index (χ3n) is 3.87. The molecular formula is C15H20ClNO2. The number of hydrogen-bond donors (Lipinski definition) is 2. The smallest absolute Gasteiger partial charge is 0.253 e. The molecule has 1 amide bonds. The van der Waals surface area contributed by atoms with Gasteiger partial charge in [0.2, 0.25) is 0 Å². The molecule has 1 aliphatic rings. The van der Waals surface area contributed by atoms with Crippen molar-refractivity contribution in [3.05, 3.63) is 33.8 Å². The van der Waals surface area contributed by atoms with E-state index in [2.05, 4.69) is 5.32 Å². The first kappa shape index (κ1) is 14.4. The molecule has 104 valence electrons. The number of rotatable bonds is 2. The van der Waals surface area contributed by atoms with Crippen LogP contribution < -0.4 is 5.32 Å². The fourth-order valence-electron chi connectivity index (χ4n) is 2.48. The summed E-state index contributed by atoms with van der Waals surface area (Å²) in [6, 6.07) is 3.46. The molecule has 0 radical (unpaired) electrons. The van der Waals surface area contributed by atoms with E-state index in [1.807, 2.05) is 26.0 Å². The van der Waals surface area contributed by atoms with E-state index in [1.54, 1.807) is 0 Å². The molecule has 2 N–H and O–H groups in total. The molecule has 2 unspecified atom stereocenters. The van der Waals surface area contributed by atoms with Gasteiger partial charge in [0, 0.05) is 0 Å². The molecule has 0 aliphatic heterocycles. The Bertz CT molecular complexity index is 487. The van der Waals surface area contributed by atoms with Crippen molar-refractivity contribution in [2.75, 3.05) is 0 Å². The predicted molar refractivity (Wildman–Crippen MR) is 76.7 cm³/mol. The SMILES string of the molecule is Cc1cc(Cl)c(C(=O)NC2CCCCC2O)cc1C. The molecule has 2 atom stereocenters. The predicted octanol–water partition coefficient (Wildman–Crippen LogP) is 2.99. The molecule has 1 aromatic carbocycles. The van der Waals surface area contributed by atoms with E-state index in [0.29, 0.717) is 10.6 Å². The van der Waals surface area contributed by atoms with Gasteiger partial charge < -0.3 is 10.4 Å². The van der Waals surface area contributed by atoms with Crippen LogP contribution in [-0.4, -0.2) is 23.2 Å². The summed E-state index contributed by atoms with van der Waals surface area (Å²) in [6.45, 7) is 3.92. The van der Waals surface area contributed by atoms with E-state index in [-0.39, 0.29) is 11.9 Å². The summed E-state index contributed by atoms with van der Waals surface area (Å²) in [7, 11) is 0. The van der Waals surface area contributed by atoms with Gasteiger partial charge in [0.15, 0.2) is 0 Å². The Hall–Kier alpha value is -1.06. The molecule has 0 aromatic heterocycles. The first-order chi connectivity index (χ1) is 8.99. The Morgan fingerprint density at radius 2 is 1.89 bits per heavy atom. The van der Waals surface area contributed by atoms with Gasteiger partial charge in [-0.1, -0.05) is 24.4 Å². The van der Waals surface area contributed by atoms with Crippen LogP contribution in [0.5, 0.6) is 0 Å². The van der Waals surface area contributed by atoms with Crippen molar-refractivity contribution in [3.8, 4) is 0 Å². The maximum absolute atomic E-state index is 12.2. The molecule has 4 heteroatoms. The van der Waals surface area contributed by atoms with Crippen molar-refractivity contribution in [2.24, 2.45) is 0 Å². The number of aliphatic hydroxyl groups is 1. The zero-order chi connectivity index (χ0) is 14.0. The molecule has 0 bridgehead atoms. The minimum atomic E-state index is -0.442. The quantitative estimate of drug-likeness (QED) is 0.875. The van der Waals surface area contributed by atoms with E-state index in [4.69, 9.17) is 11.6 Å². The Kier molecular flexibility index (Phi) is 4.48. The van der Waals surface area contributed by atoms with E-state index >= 15 is 0 Å². The molecule has 3 nitrogen and oxygen atoms in total. The van der Waals surface area contributed by atoms with Crippen LogP contribution in [0.1, 0.15) is 47.2 Å². The maximum atomic E-state index is 12.2. The Morgan fingerprint density at radius 3 is 2.58 bits per heavy atom. The number of carbonyl (C=O) groups is 1. The largest absolute Gasteiger partial charge is 0.391 e. The lowest BCUT2D eigenvalue weighted by Gasteiger charge is -2.28. The standard InChI is InChI=1S/C15H20ClNO2/c1-9-7-11(12(16)8-10(9)2)15(19)17-13-5-3-4-6-14(13)18/h7-8,13-14,18H,3-6H2,1-2H3,(H,17,19). The highest BCUT2D eigenvalue weighted by Gasteiger charge is 2.25. The minimum absolute atomic E-state index is 0.154. The lowest BCUT2D eigenvalue weighted by molar-refractivity contribution is 0.0717. The second-order valence-corrected chi connectivity index (χ2v) is 5.76. The van der Waals surface area contributed by atoms with Crippen molar-refractivity contribution in [1.82, 2.24) is 5.32 Å². The molecule has 1 fully saturated rings. The summed E-state index contributed by atoms with van der Waals surface area (Å²) in [5, 5.41) is 13.2. The number of hydrogen-bond acceptors (Lipinski definition) is 2. The highest BCUT2D eigenvalue weighted by atomic mass is 35.5. The number of halogens is 1. The topological polar surface area (TPSA) is 49.3 Å². The van der Waals surface area contributed by atoms with Crippen LogP contribution in [0.2, 0.25) is 5.02 Å². The molecule has 2 rings (SSSR count). The van der Waals surface area contributed by atoms with Crippen LogP contribution >= 0.6 is 11.6 Å². The summed E-state index contributed by atoms with van der Waals surface area (Å²) in [5.74, 6) is -0.195. The number of aryl methyl sites for hydroxylation is 2. The third kappa shape index (κ3) is 3.28. The van der Waals surface area contributed by atoms with E-state index in [1.165, 1.54) is 0 Å². The van der Waals surface area contributed by atoms with E-state index < -0.39 is 6.10 Å². The third-order valence-corrected chi connectivity index (χ3v) is 4.19. The summed E-state index contributed by atoms with van der Waals surface area (Å²) in [4.78, 5) is 12.2. The number of amides is 1. The maximum Gasteiger partial charge on any atom is 0.253 e. The van der Waals surface area contributed by atoms with Crippen LogP contribution in [-0.2, 0) is 0 Å². The second kappa shape index (κ2) is 5.93. The summed E-state index contributed by atoms with van der Waals surface area (Å²) >= 11 is 6.13. The van der Waals surface area contributed by atoms with Gasteiger partial charge in [-0.25, -0.2) is 0 Å². The van der Waals surface area contributed by atoms with Crippen LogP contribution in [0, 0.1) is 13.8 Å². The molecule has 1 aliphatic carbocycles. The number of benzene rings is 1. The Balaban J connectivity index is 2.13. The minimum Gasteiger partial charge on any atom is -0.391 e. The van der Waals surface area contributed by atoms with Gasteiger partial charge in [0.25, 0.3) is 5.91 Å². The van der Waals surface area contributed by atoms with Crippen LogP contribution in [0.15, 0.2) is 12.1 Å². The number of nitrogens with one attached hydrogen (secondary N) is 1. The zero-order valence-electron chi connectivity index (χ0n) is 11.4. The first-order valence-electron chi connectivity index (χ1n) is 6.74. The number of carbonyl (C=O) groups excluding carboxylic acids is 1. The normalized spacial score (nSPS) is 23.2. The summed E-state index contributed by atoms with van der Waals surface area (Å²) < 4.78 is 0. The molecule has 0 spiro atoms. The summed E-state index contributed by atoms with van der Waals surface area (Å²) in [6.07, 6.45) is 3.21. The van der Waals surface area contributed by atoms with Gasteiger partial charge in [-0.2, -0.15) is 0 Å². The van der Waals surface area contributed by atoms with Crippen LogP contribution in [0.3, 0.4) is 0 Å². The van der Waals surface area contributed by atoms with Crippen molar-refractivity contribution in [1.29, 1.82) is 0 Å². The Labute approximate surface area is 119 Å². The molecule has 1 aromatic rings. The first-order valence-corrected chi connectivity index (χ1v) is 7.12. The lowest BCUT2D eigenvalue weighted by Crippen LogP contribution is -2.45. The van der Waals surface area contributed by atoms with Gasteiger partial charge in [-0.05, 0) is 49.9 Å². The Morgan fingerprint density at radius 1 is 1.26 bits per heavy atom. The van der Waals surface area contributed by atoms with Crippen molar-refractivity contribution >= 4 is 17.5 Å². The monoisotopic (exact) mass is 281 g/mol. The van der Waals surface area contributed by atoms with Gasteiger partial charge in [0.1, 0.15) is 0 Å².